The molecule has 1 atom stereocenters. The van der Waals surface area contributed by atoms with Crippen LogP contribution in [0.1, 0.15) is 31.7 Å². The number of hydrogen-bond acceptors (Lipinski definition) is 4. The fraction of sp³-hybridized carbons (Fsp3) is 0.471. The number of nitrogens with one attached hydrogen (secondary N) is 1. The van der Waals surface area contributed by atoms with Gasteiger partial charge in [0.05, 0.1) is 11.1 Å². The van der Waals surface area contributed by atoms with E-state index < -0.39 is 11.5 Å². The zero-order valence-electron chi connectivity index (χ0n) is 13.0. The maximum Gasteiger partial charge on any atom is 0.266 e. The third-order valence-electron chi connectivity index (χ3n) is 5.15. The maximum atomic E-state index is 12.5. The molecule has 1 aromatic carbocycles. The second-order valence-electron chi connectivity index (χ2n) is 6.53. The molecule has 0 aliphatic carbocycles. The molecule has 1 aromatic rings. The van der Waals surface area contributed by atoms with Crippen LogP contribution in [-0.4, -0.2) is 41.6 Å². The smallest absolute Gasteiger partial charge is 0.266 e. The Hall–Kier alpha value is -2.37. The van der Waals surface area contributed by atoms with Crippen molar-refractivity contribution in [1.82, 2.24) is 4.90 Å². The van der Waals surface area contributed by atoms with E-state index in [0.717, 1.165) is 17.0 Å². The number of para-hydroxylation sites is 1. The van der Waals surface area contributed by atoms with Crippen molar-refractivity contribution in [3.63, 3.8) is 0 Å². The number of rotatable bonds is 1. The molecule has 23 heavy (non-hydrogen) atoms. The molecule has 0 saturated carbocycles. The normalized spacial score (nSPS) is 24.9. The Morgan fingerprint density at radius 1 is 1.35 bits per heavy atom. The zero-order valence-corrected chi connectivity index (χ0v) is 13.0. The van der Waals surface area contributed by atoms with E-state index in [4.69, 9.17) is 4.84 Å². The van der Waals surface area contributed by atoms with Crippen LogP contribution in [0.15, 0.2) is 29.4 Å². The number of oxime groups is 1. The molecule has 2 amide bonds. The van der Waals surface area contributed by atoms with Crippen molar-refractivity contribution in [2.24, 2.45) is 5.16 Å². The van der Waals surface area contributed by atoms with Gasteiger partial charge in [0, 0.05) is 25.2 Å². The van der Waals surface area contributed by atoms with Gasteiger partial charge in [0.25, 0.3) is 5.91 Å². The summed E-state index contributed by atoms with van der Waals surface area (Å²) in [6, 6.07) is 7.84. The Bertz CT molecular complexity index is 705. The van der Waals surface area contributed by atoms with E-state index in [0.29, 0.717) is 32.4 Å². The van der Waals surface area contributed by atoms with E-state index in [1.165, 1.54) is 0 Å². The van der Waals surface area contributed by atoms with Crippen LogP contribution in [0.2, 0.25) is 0 Å². The fourth-order valence-corrected chi connectivity index (χ4v) is 3.81. The summed E-state index contributed by atoms with van der Waals surface area (Å²) in [5.41, 5.74) is 2.32. The number of benzene rings is 1. The topological polar surface area (TPSA) is 71.0 Å². The number of likely N-dealkylation sites (tertiary alicyclic amines) is 1. The van der Waals surface area contributed by atoms with E-state index in [-0.39, 0.29) is 11.8 Å². The number of carbonyl (C=O) groups is 2. The molecular weight excluding hydrogens is 294 g/mol. The van der Waals surface area contributed by atoms with Crippen LogP contribution in [-0.2, 0) is 19.8 Å². The minimum absolute atomic E-state index is 0.0212. The van der Waals surface area contributed by atoms with Crippen LogP contribution in [0.3, 0.4) is 0 Å². The lowest BCUT2D eigenvalue weighted by molar-refractivity contribution is -0.144. The molecule has 6 heteroatoms. The summed E-state index contributed by atoms with van der Waals surface area (Å²) in [4.78, 5) is 32.0. The predicted octanol–water partition coefficient (Wildman–Crippen LogP) is 1.66. The molecule has 0 aromatic heterocycles. The number of amides is 2. The molecule has 3 heterocycles. The summed E-state index contributed by atoms with van der Waals surface area (Å²) in [6.07, 6.45) is 1.36. The van der Waals surface area contributed by atoms with Gasteiger partial charge in [0.2, 0.25) is 12.0 Å². The summed E-state index contributed by atoms with van der Waals surface area (Å²) in [5.74, 6) is 0.0363. The van der Waals surface area contributed by atoms with Crippen LogP contribution in [0, 0.1) is 0 Å². The average Bonchev–Trinajstić information content (AvgIpc) is 3.11. The lowest BCUT2D eigenvalue weighted by atomic mass is 9.73. The highest BCUT2D eigenvalue weighted by molar-refractivity contribution is 6.06. The van der Waals surface area contributed by atoms with Gasteiger partial charge in [-0.25, -0.2) is 0 Å². The van der Waals surface area contributed by atoms with Gasteiger partial charge in [-0.1, -0.05) is 23.4 Å². The number of piperidine rings is 1. The van der Waals surface area contributed by atoms with Crippen molar-refractivity contribution in [3.05, 3.63) is 29.8 Å². The Labute approximate surface area is 134 Å². The second kappa shape index (κ2) is 5.08. The minimum Gasteiger partial charge on any atom is -0.382 e. The van der Waals surface area contributed by atoms with Crippen LogP contribution < -0.4 is 5.32 Å². The van der Waals surface area contributed by atoms with Gasteiger partial charge in [-0.05, 0) is 31.4 Å². The molecule has 1 fully saturated rings. The molecule has 3 aliphatic rings. The van der Waals surface area contributed by atoms with Gasteiger partial charge >= 0.3 is 0 Å². The molecule has 0 bridgehead atoms. The Morgan fingerprint density at radius 3 is 2.78 bits per heavy atom. The van der Waals surface area contributed by atoms with Crippen molar-refractivity contribution in [3.8, 4) is 0 Å². The molecule has 0 radical (unpaired) electrons. The van der Waals surface area contributed by atoms with Gasteiger partial charge in [-0.2, -0.15) is 0 Å². The standard InChI is InChI=1S/C17H19N3O3/c1-11-10-14(23-19-11)15(21)20-8-6-17(7-9-20)12-4-2-3-5-13(12)18-16(17)22/h2-5,14H,6-10H2,1H3,(H,18,22)/t14-/m1/s1. The summed E-state index contributed by atoms with van der Waals surface area (Å²) >= 11 is 0. The molecule has 120 valence electrons. The highest BCUT2D eigenvalue weighted by atomic mass is 16.6. The van der Waals surface area contributed by atoms with E-state index >= 15 is 0 Å². The first-order valence-corrected chi connectivity index (χ1v) is 7.99. The maximum absolute atomic E-state index is 12.5. The quantitative estimate of drug-likeness (QED) is 0.857. The van der Waals surface area contributed by atoms with Crippen molar-refractivity contribution in [2.45, 2.75) is 37.7 Å². The van der Waals surface area contributed by atoms with Gasteiger partial charge < -0.3 is 15.1 Å². The first kappa shape index (κ1) is 14.2. The van der Waals surface area contributed by atoms with E-state index in [2.05, 4.69) is 10.5 Å². The van der Waals surface area contributed by atoms with Crippen LogP contribution >= 0.6 is 0 Å². The number of nitrogens with zero attached hydrogens (tertiary/aromatic N) is 2. The van der Waals surface area contributed by atoms with E-state index in [1.54, 1.807) is 4.90 Å². The third kappa shape index (κ3) is 2.12. The van der Waals surface area contributed by atoms with Crippen molar-refractivity contribution < 1.29 is 14.4 Å². The SMILES string of the molecule is CC1=NO[C@@H](C(=O)N2CCC3(CC2)C(=O)Nc2ccccc23)C1. The Morgan fingerprint density at radius 2 is 2.09 bits per heavy atom. The molecule has 1 spiro atoms. The average molecular weight is 313 g/mol. The number of hydrogen-bond donors (Lipinski definition) is 1. The highest BCUT2D eigenvalue weighted by Crippen LogP contribution is 2.44. The fourth-order valence-electron chi connectivity index (χ4n) is 3.81. The van der Waals surface area contributed by atoms with E-state index in [9.17, 15) is 9.59 Å². The summed E-state index contributed by atoms with van der Waals surface area (Å²) in [7, 11) is 0. The molecule has 3 aliphatic heterocycles. The third-order valence-corrected chi connectivity index (χ3v) is 5.15. The van der Waals surface area contributed by atoms with Gasteiger partial charge in [0.15, 0.2) is 0 Å². The summed E-state index contributed by atoms with van der Waals surface area (Å²) < 4.78 is 0. The van der Waals surface area contributed by atoms with Gasteiger partial charge in [-0.3, -0.25) is 9.59 Å². The zero-order chi connectivity index (χ0) is 16.0. The summed E-state index contributed by atoms with van der Waals surface area (Å²) in [5, 5.41) is 6.83. The molecule has 0 unspecified atom stereocenters. The van der Waals surface area contributed by atoms with Crippen LogP contribution in [0.25, 0.3) is 0 Å². The first-order chi connectivity index (χ1) is 11.1. The monoisotopic (exact) mass is 313 g/mol. The first-order valence-electron chi connectivity index (χ1n) is 7.99. The predicted molar refractivity (Wildman–Crippen MR) is 85.2 cm³/mol. The van der Waals surface area contributed by atoms with Crippen molar-refractivity contribution in [2.75, 3.05) is 18.4 Å². The van der Waals surface area contributed by atoms with Gasteiger partial charge in [-0.15, -0.1) is 0 Å². The molecular formula is C17H19N3O3. The number of carbonyl (C=O) groups excluding carboxylic acids is 2. The second-order valence-corrected chi connectivity index (χ2v) is 6.53. The Balaban J connectivity index is 1.49. The highest BCUT2D eigenvalue weighted by Gasteiger charge is 2.49. The minimum atomic E-state index is -0.492. The van der Waals surface area contributed by atoms with Crippen molar-refractivity contribution >= 4 is 23.2 Å². The molecule has 4 rings (SSSR count). The van der Waals surface area contributed by atoms with E-state index in [1.807, 2.05) is 31.2 Å². The lowest BCUT2D eigenvalue weighted by Gasteiger charge is -2.38. The van der Waals surface area contributed by atoms with Crippen molar-refractivity contribution in [1.29, 1.82) is 0 Å². The van der Waals surface area contributed by atoms with Crippen LogP contribution in [0.4, 0.5) is 5.69 Å². The van der Waals surface area contributed by atoms with Gasteiger partial charge in [0.1, 0.15) is 0 Å². The number of anilines is 1. The largest absolute Gasteiger partial charge is 0.382 e. The number of fused-ring (bicyclic) bond motifs is 2. The lowest BCUT2D eigenvalue weighted by Crippen LogP contribution is -2.50. The molecule has 1 N–H and O–H groups in total. The Kier molecular flexibility index (Phi) is 3.14. The summed E-state index contributed by atoms with van der Waals surface area (Å²) in [6.45, 7) is 3.00. The molecule has 1 saturated heterocycles. The molecule has 6 nitrogen and oxygen atoms in total. The van der Waals surface area contributed by atoms with Crippen LogP contribution in [0.5, 0.6) is 0 Å².